The smallest absolute Gasteiger partial charge is 0.243 e. The Morgan fingerprint density at radius 1 is 1.41 bits per heavy atom. The summed E-state index contributed by atoms with van der Waals surface area (Å²) < 4.78 is 0. The second-order valence-corrected chi connectivity index (χ2v) is 4.41. The van der Waals surface area contributed by atoms with Crippen molar-refractivity contribution in [3.63, 3.8) is 0 Å². The molecule has 0 fully saturated rings. The van der Waals surface area contributed by atoms with E-state index in [1.165, 1.54) is 0 Å². The maximum atomic E-state index is 11.5. The Hall–Kier alpha value is -1.55. The van der Waals surface area contributed by atoms with Crippen LogP contribution >= 0.6 is 11.6 Å². The van der Waals surface area contributed by atoms with Gasteiger partial charge in [-0.05, 0) is 31.5 Å². The van der Waals surface area contributed by atoms with Gasteiger partial charge in [-0.2, -0.15) is 0 Å². The molecule has 1 atom stereocenters. The van der Waals surface area contributed by atoms with Crippen LogP contribution in [0.25, 0.3) is 0 Å². The summed E-state index contributed by atoms with van der Waals surface area (Å²) in [5.41, 5.74) is 1.77. The average Bonchev–Trinajstić information content (AvgIpc) is 2.25. The van der Waals surface area contributed by atoms with E-state index in [0.29, 0.717) is 5.69 Å². The third-order valence-corrected chi connectivity index (χ3v) is 2.28. The first-order valence-corrected chi connectivity index (χ1v) is 5.71. The molecule has 0 spiro atoms. The summed E-state index contributed by atoms with van der Waals surface area (Å²) in [6, 6.07) is 7.43. The van der Waals surface area contributed by atoms with E-state index in [1.807, 2.05) is 25.1 Å². The Kier molecular flexibility index (Phi) is 4.97. The fourth-order valence-corrected chi connectivity index (χ4v) is 1.31. The van der Waals surface area contributed by atoms with Crippen LogP contribution in [0.15, 0.2) is 24.3 Å². The first-order chi connectivity index (χ1) is 7.99. The van der Waals surface area contributed by atoms with Gasteiger partial charge in [0.1, 0.15) is 5.38 Å². The molecule has 0 aliphatic heterocycles. The molecule has 0 radical (unpaired) electrons. The maximum Gasteiger partial charge on any atom is 0.243 e. The average molecular weight is 255 g/mol. The Balaban J connectivity index is 2.43. The summed E-state index contributed by atoms with van der Waals surface area (Å²) in [7, 11) is 0. The normalized spacial score (nSPS) is 11.7. The molecular weight excluding hydrogens is 240 g/mol. The molecule has 0 saturated heterocycles. The number of aryl methyl sites for hydroxylation is 1. The highest BCUT2D eigenvalue weighted by Gasteiger charge is 2.10. The van der Waals surface area contributed by atoms with Gasteiger partial charge in [-0.3, -0.25) is 9.59 Å². The van der Waals surface area contributed by atoms with Gasteiger partial charge in [-0.25, -0.2) is 0 Å². The largest absolute Gasteiger partial charge is 0.346 e. The number of hydrogen-bond acceptors (Lipinski definition) is 2. The lowest BCUT2D eigenvalue weighted by Gasteiger charge is -2.08. The molecule has 0 aliphatic rings. The fraction of sp³-hybridized carbons (Fsp3) is 0.333. The molecular formula is C12H15ClN2O2. The van der Waals surface area contributed by atoms with Crippen LogP contribution in [0.4, 0.5) is 5.69 Å². The zero-order chi connectivity index (χ0) is 12.8. The molecule has 2 amide bonds. The lowest BCUT2D eigenvalue weighted by atomic mass is 10.2. The van der Waals surface area contributed by atoms with Gasteiger partial charge in [0.2, 0.25) is 11.8 Å². The van der Waals surface area contributed by atoms with Gasteiger partial charge in [0.15, 0.2) is 0 Å². The third-order valence-electron chi connectivity index (χ3n) is 2.09. The standard InChI is InChI=1S/C12H15ClN2O2/c1-8-4-3-5-10(6-8)15-11(16)7-14-12(17)9(2)13/h3-6,9H,7H2,1-2H3,(H,14,17)(H,15,16). The number of amides is 2. The summed E-state index contributed by atoms with van der Waals surface area (Å²) >= 11 is 5.55. The van der Waals surface area contributed by atoms with E-state index >= 15 is 0 Å². The van der Waals surface area contributed by atoms with Crippen LogP contribution in [-0.2, 0) is 9.59 Å². The molecule has 0 saturated carbocycles. The minimum absolute atomic E-state index is 0.0795. The zero-order valence-electron chi connectivity index (χ0n) is 9.79. The van der Waals surface area contributed by atoms with Crippen molar-refractivity contribution in [1.29, 1.82) is 0 Å². The molecule has 0 aromatic heterocycles. The molecule has 92 valence electrons. The maximum absolute atomic E-state index is 11.5. The predicted octanol–water partition coefficient (Wildman–Crippen LogP) is 1.68. The molecule has 1 aromatic carbocycles. The summed E-state index contributed by atoms with van der Waals surface area (Å²) in [6.07, 6.45) is 0. The van der Waals surface area contributed by atoms with E-state index in [9.17, 15) is 9.59 Å². The number of carbonyl (C=O) groups is 2. The van der Waals surface area contributed by atoms with Crippen LogP contribution in [0.3, 0.4) is 0 Å². The molecule has 4 nitrogen and oxygen atoms in total. The summed E-state index contributed by atoms with van der Waals surface area (Å²) in [6.45, 7) is 3.41. The van der Waals surface area contributed by atoms with Crippen molar-refractivity contribution in [3.8, 4) is 0 Å². The lowest BCUT2D eigenvalue weighted by Crippen LogP contribution is -2.36. The lowest BCUT2D eigenvalue weighted by molar-refractivity contribution is -0.123. The van der Waals surface area contributed by atoms with Gasteiger partial charge < -0.3 is 10.6 Å². The Labute approximate surface area is 105 Å². The van der Waals surface area contributed by atoms with Gasteiger partial charge in [0.25, 0.3) is 0 Å². The molecule has 5 heteroatoms. The molecule has 0 heterocycles. The van der Waals surface area contributed by atoms with Crippen LogP contribution in [-0.4, -0.2) is 23.7 Å². The Morgan fingerprint density at radius 3 is 2.71 bits per heavy atom. The van der Waals surface area contributed by atoms with Crippen molar-refractivity contribution in [2.75, 3.05) is 11.9 Å². The van der Waals surface area contributed by atoms with Crippen molar-refractivity contribution in [2.24, 2.45) is 0 Å². The summed E-state index contributed by atoms with van der Waals surface area (Å²) in [5.74, 6) is -0.632. The number of hydrogen-bond donors (Lipinski definition) is 2. The Morgan fingerprint density at radius 2 is 2.12 bits per heavy atom. The number of alkyl halides is 1. The van der Waals surface area contributed by atoms with Crippen molar-refractivity contribution < 1.29 is 9.59 Å². The molecule has 1 rings (SSSR count). The van der Waals surface area contributed by atoms with E-state index in [0.717, 1.165) is 5.56 Å². The highest BCUT2D eigenvalue weighted by molar-refractivity contribution is 6.30. The highest BCUT2D eigenvalue weighted by atomic mass is 35.5. The minimum Gasteiger partial charge on any atom is -0.346 e. The third kappa shape index (κ3) is 4.87. The summed E-state index contributed by atoms with van der Waals surface area (Å²) in [5, 5.41) is 4.48. The van der Waals surface area contributed by atoms with Crippen LogP contribution < -0.4 is 10.6 Å². The van der Waals surface area contributed by atoms with Crippen molar-refractivity contribution in [2.45, 2.75) is 19.2 Å². The quantitative estimate of drug-likeness (QED) is 0.803. The van der Waals surface area contributed by atoms with Crippen molar-refractivity contribution >= 4 is 29.1 Å². The Bertz CT molecular complexity index is 419. The zero-order valence-corrected chi connectivity index (χ0v) is 10.5. The molecule has 0 bridgehead atoms. The number of carbonyl (C=O) groups excluding carboxylic acids is 2. The van der Waals surface area contributed by atoms with Crippen LogP contribution in [0.5, 0.6) is 0 Å². The van der Waals surface area contributed by atoms with E-state index in [4.69, 9.17) is 11.6 Å². The van der Waals surface area contributed by atoms with E-state index < -0.39 is 5.38 Å². The van der Waals surface area contributed by atoms with Crippen LogP contribution in [0.2, 0.25) is 0 Å². The molecule has 1 unspecified atom stereocenters. The number of nitrogens with one attached hydrogen (secondary N) is 2. The minimum atomic E-state index is -0.637. The van der Waals surface area contributed by atoms with Crippen molar-refractivity contribution in [1.82, 2.24) is 5.32 Å². The fourth-order valence-electron chi connectivity index (χ4n) is 1.24. The van der Waals surface area contributed by atoms with Gasteiger partial charge >= 0.3 is 0 Å². The molecule has 0 aliphatic carbocycles. The first-order valence-electron chi connectivity index (χ1n) is 5.27. The number of anilines is 1. The predicted molar refractivity (Wildman–Crippen MR) is 68.1 cm³/mol. The van der Waals surface area contributed by atoms with E-state index in [-0.39, 0.29) is 18.4 Å². The SMILES string of the molecule is Cc1cccc(NC(=O)CNC(=O)C(C)Cl)c1. The molecule has 17 heavy (non-hydrogen) atoms. The highest BCUT2D eigenvalue weighted by Crippen LogP contribution is 2.08. The van der Waals surface area contributed by atoms with Gasteiger partial charge in [-0.1, -0.05) is 12.1 Å². The van der Waals surface area contributed by atoms with Crippen LogP contribution in [0.1, 0.15) is 12.5 Å². The second-order valence-electron chi connectivity index (χ2n) is 3.75. The summed E-state index contributed by atoms with van der Waals surface area (Å²) in [4.78, 5) is 22.6. The second kappa shape index (κ2) is 6.25. The number of halogens is 1. The molecule has 2 N–H and O–H groups in total. The van der Waals surface area contributed by atoms with E-state index in [2.05, 4.69) is 10.6 Å². The van der Waals surface area contributed by atoms with Crippen LogP contribution in [0, 0.1) is 6.92 Å². The number of rotatable bonds is 4. The van der Waals surface area contributed by atoms with E-state index in [1.54, 1.807) is 13.0 Å². The monoisotopic (exact) mass is 254 g/mol. The van der Waals surface area contributed by atoms with Gasteiger partial charge in [-0.15, -0.1) is 11.6 Å². The van der Waals surface area contributed by atoms with Crippen molar-refractivity contribution in [3.05, 3.63) is 29.8 Å². The first kappa shape index (κ1) is 13.5. The van der Waals surface area contributed by atoms with Gasteiger partial charge in [0, 0.05) is 5.69 Å². The van der Waals surface area contributed by atoms with Gasteiger partial charge in [0.05, 0.1) is 6.54 Å². The molecule has 1 aromatic rings. The number of benzene rings is 1. The topological polar surface area (TPSA) is 58.2 Å².